The van der Waals surface area contributed by atoms with Crippen molar-refractivity contribution in [3.05, 3.63) is 28.2 Å². The van der Waals surface area contributed by atoms with Crippen molar-refractivity contribution in [2.24, 2.45) is 0 Å². The second-order valence-corrected chi connectivity index (χ2v) is 5.03. The first-order chi connectivity index (χ1) is 9.83. The summed E-state index contributed by atoms with van der Waals surface area (Å²) in [4.78, 5) is 34.0. The lowest BCUT2D eigenvalue weighted by Gasteiger charge is -2.14. The van der Waals surface area contributed by atoms with Gasteiger partial charge in [-0.15, -0.1) is 0 Å². The first-order valence-electron chi connectivity index (χ1n) is 6.10. The minimum Gasteiger partial charge on any atom is -0.480 e. The molecule has 0 saturated heterocycles. The quantitative estimate of drug-likeness (QED) is 0.746. The van der Waals surface area contributed by atoms with Crippen molar-refractivity contribution in [1.29, 1.82) is 0 Å². The number of carbonyl (C=O) groups is 3. The van der Waals surface area contributed by atoms with Crippen molar-refractivity contribution in [3.63, 3.8) is 0 Å². The number of rotatable bonds is 6. The molecular weight excluding hydrogens is 319 g/mol. The zero-order chi connectivity index (χ0) is 16.0. The van der Waals surface area contributed by atoms with Crippen LogP contribution in [0.1, 0.15) is 19.8 Å². The summed E-state index contributed by atoms with van der Waals surface area (Å²) in [5.74, 6) is -1.53. The Morgan fingerprint density at radius 2 is 1.90 bits per heavy atom. The minimum atomic E-state index is -1.28. The zero-order valence-electron chi connectivity index (χ0n) is 11.2. The van der Waals surface area contributed by atoms with Crippen LogP contribution in [0.15, 0.2) is 18.2 Å². The Hall–Kier alpha value is -1.79. The van der Waals surface area contributed by atoms with E-state index in [-0.39, 0.29) is 23.6 Å². The average Bonchev–Trinajstić information content (AvgIpc) is 2.41. The van der Waals surface area contributed by atoms with Crippen LogP contribution in [-0.2, 0) is 9.59 Å². The van der Waals surface area contributed by atoms with Crippen LogP contribution in [0.4, 0.5) is 10.5 Å². The monoisotopic (exact) mass is 332 g/mol. The predicted octanol–water partition coefficient (Wildman–Crippen LogP) is 2.94. The molecule has 0 spiro atoms. The molecule has 0 aliphatic rings. The number of hydrogen-bond donors (Lipinski definition) is 3. The highest BCUT2D eigenvalue weighted by molar-refractivity contribution is 6.42. The van der Waals surface area contributed by atoms with Crippen LogP contribution in [0.2, 0.25) is 10.0 Å². The molecule has 0 aliphatic carbocycles. The molecule has 3 N–H and O–H groups in total. The van der Waals surface area contributed by atoms with Gasteiger partial charge in [-0.05, 0) is 18.2 Å². The molecule has 1 unspecified atom stereocenters. The molecule has 0 bridgehead atoms. The number of amides is 2. The molecule has 0 heterocycles. The molecule has 2 amide bonds. The van der Waals surface area contributed by atoms with Crippen LogP contribution in [0.25, 0.3) is 0 Å². The SMILES string of the molecule is CCC(=O)CC(NC(=O)Nc1ccc(Cl)c(Cl)c1)C(=O)O. The first-order valence-corrected chi connectivity index (χ1v) is 6.86. The number of carboxylic acids is 1. The summed E-state index contributed by atoms with van der Waals surface area (Å²) in [5.41, 5.74) is 0.354. The van der Waals surface area contributed by atoms with E-state index in [9.17, 15) is 14.4 Å². The fourth-order valence-corrected chi connectivity index (χ4v) is 1.77. The number of ketones is 1. The van der Waals surface area contributed by atoms with E-state index in [0.29, 0.717) is 10.7 Å². The summed E-state index contributed by atoms with van der Waals surface area (Å²) in [7, 11) is 0. The highest BCUT2D eigenvalue weighted by Crippen LogP contribution is 2.24. The van der Waals surface area contributed by atoms with Crippen LogP contribution >= 0.6 is 23.2 Å². The standard InChI is InChI=1S/C13H14Cl2N2O4/c1-2-8(18)6-11(12(19)20)17-13(21)16-7-3-4-9(14)10(15)5-7/h3-5,11H,2,6H2,1H3,(H,19,20)(H2,16,17,21). The number of halogens is 2. The summed E-state index contributed by atoms with van der Waals surface area (Å²) in [5, 5.41) is 14.2. The summed E-state index contributed by atoms with van der Waals surface area (Å²) in [6, 6.07) is 2.41. The van der Waals surface area contributed by atoms with Crippen LogP contribution in [0.3, 0.4) is 0 Å². The van der Waals surface area contributed by atoms with Gasteiger partial charge in [0.15, 0.2) is 0 Å². The molecule has 1 atom stereocenters. The minimum absolute atomic E-state index is 0.208. The number of Topliss-reactive ketones (excluding diaryl/α,β-unsaturated/α-hetero) is 1. The van der Waals surface area contributed by atoms with Gasteiger partial charge in [-0.2, -0.15) is 0 Å². The molecule has 0 radical (unpaired) electrons. The van der Waals surface area contributed by atoms with Crippen molar-refractivity contribution in [2.75, 3.05) is 5.32 Å². The second-order valence-electron chi connectivity index (χ2n) is 4.21. The Balaban J connectivity index is 2.67. The third-order valence-electron chi connectivity index (χ3n) is 2.61. The third-order valence-corrected chi connectivity index (χ3v) is 3.35. The molecular formula is C13H14Cl2N2O4. The van der Waals surface area contributed by atoms with E-state index in [0.717, 1.165) is 0 Å². The number of anilines is 1. The van der Waals surface area contributed by atoms with Gasteiger partial charge >= 0.3 is 12.0 Å². The van der Waals surface area contributed by atoms with Gasteiger partial charge in [0.1, 0.15) is 11.8 Å². The van der Waals surface area contributed by atoms with E-state index in [1.54, 1.807) is 6.92 Å². The van der Waals surface area contributed by atoms with E-state index in [1.807, 2.05) is 0 Å². The van der Waals surface area contributed by atoms with E-state index in [2.05, 4.69) is 10.6 Å². The van der Waals surface area contributed by atoms with E-state index < -0.39 is 18.0 Å². The van der Waals surface area contributed by atoms with Gasteiger partial charge in [0.05, 0.1) is 10.0 Å². The first kappa shape index (κ1) is 17.3. The second kappa shape index (κ2) is 7.85. The smallest absolute Gasteiger partial charge is 0.326 e. The number of aliphatic carboxylic acids is 1. The van der Waals surface area contributed by atoms with Crippen molar-refractivity contribution in [3.8, 4) is 0 Å². The topological polar surface area (TPSA) is 95.5 Å². The van der Waals surface area contributed by atoms with Gasteiger partial charge in [0, 0.05) is 18.5 Å². The normalized spacial score (nSPS) is 11.6. The molecule has 1 rings (SSSR count). The molecule has 21 heavy (non-hydrogen) atoms. The fraction of sp³-hybridized carbons (Fsp3) is 0.308. The van der Waals surface area contributed by atoms with Crippen LogP contribution in [0.5, 0.6) is 0 Å². The molecule has 0 aliphatic heterocycles. The van der Waals surface area contributed by atoms with Crippen LogP contribution < -0.4 is 10.6 Å². The Morgan fingerprint density at radius 3 is 2.43 bits per heavy atom. The van der Waals surface area contributed by atoms with Gasteiger partial charge in [-0.3, -0.25) is 4.79 Å². The molecule has 1 aromatic rings. The number of urea groups is 1. The maximum atomic E-state index is 11.7. The third kappa shape index (κ3) is 5.61. The Bertz CT molecular complexity index is 563. The highest BCUT2D eigenvalue weighted by atomic mass is 35.5. The Labute approximate surface area is 131 Å². The molecule has 1 aromatic carbocycles. The number of hydrogen-bond acceptors (Lipinski definition) is 3. The lowest BCUT2D eigenvalue weighted by Crippen LogP contribution is -2.44. The summed E-state index contributed by atoms with van der Waals surface area (Å²) < 4.78 is 0. The van der Waals surface area contributed by atoms with E-state index in [4.69, 9.17) is 28.3 Å². The number of nitrogens with one attached hydrogen (secondary N) is 2. The molecule has 0 saturated carbocycles. The molecule has 114 valence electrons. The molecule has 6 nitrogen and oxygen atoms in total. The zero-order valence-corrected chi connectivity index (χ0v) is 12.7. The Kier molecular flexibility index (Phi) is 6.45. The van der Waals surface area contributed by atoms with Crippen molar-refractivity contribution in [1.82, 2.24) is 5.32 Å². The number of carboxylic acid groups (broad SMARTS) is 1. The number of carbonyl (C=O) groups excluding carboxylic acids is 2. The highest BCUT2D eigenvalue weighted by Gasteiger charge is 2.22. The van der Waals surface area contributed by atoms with Crippen molar-refractivity contribution >= 4 is 46.7 Å². The summed E-state index contributed by atoms with van der Waals surface area (Å²) >= 11 is 11.5. The predicted molar refractivity (Wildman–Crippen MR) is 80.0 cm³/mol. The molecule has 8 heteroatoms. The Morgan fingerprint density at radius 1 is 1.24 bits per heavy atom. The van der Waals surface area contributed by atoms with Crippen molar-refractivity contribution < 1.29 is 19.5 Å². The van der Waals surface area contributed by atoms with E-state index in [1.165, 1.54) is 18.2 Å². The summed E-state index contributed by atoms with van der Waals surface area (Å²) in [6.45, 7) is 1.62. The largest absolute Gasteiger partial charge is 0.480 e. The number of benzene rings is 1. The molecule has 0 fully saturated rings. The van der Waals surface area contributed by atoms with Crippen molar-refractivity contribution in [2.45, 2.75) is 25.8 Å². The average molecular weight is 333 g/mol. The van der Waals surface area contributed by atoms with Gasteiger partial charge in [-0.1, -0.05) is 30.1 Å². The van der Waals surface area contributed by atoms with Crippen LogP contribution in [0, 0.1) is 0 Å². The summed E-state index contributed by atoms with van der Waals surface area (Å²) in [6.07, 6.45) is -0.0551. The maximum absolute atomic E-state index is 11.7. The van der Waals surface area contributed by atoms with Gasteiger partial charge in [0.2, 0.25) is 0 Å². The van der Waals surface area contributed by atoms with Gasteiger partial charge in [0.25, 0.3) is 0 Å². The van der Waals surface area contributed by atoms with Gasteiger partial charge < -0.3 is 15.7 Å². The lowest BCUT2D eigenvalue weighted by molar-refractivity contribution is -0.140. The van der Waals surface area contributed by atoms with Crippen LogP contribution in [-0.4, -0.2) is 28.9 Å². The maximum Gasteiger partial charge on any atom is 0.326 e. The molecule has 0 aromatic heterocycles. The fourth-order valence-electron chi connectivity index (χ4n) is 1.47. The van der Waals surface area contributed by atoms with Gasteiger partial charge in [-0.25, -0.2) is 9.59 Å². The van der Waals surface area contributed by atoms with E-state index >= 15 is 0 Å². The lowest BCUT2D eigenvalue weighted by atomic mass is 10.1.